The fourth-order valence-corrected chi connectivity index (χ4v) is 1.89. The average molecular weight is 272 g/mol. The lowest BCUT2D eigenvalue weighted by Crippen LogP contribution is -2.11. The summed E-state index contributed by atoms with van der Waals surface area (Å²) in [5.74, 6) is 0.826. The molecule has 4 heteroatoms. The van der Waals surface area contributed by atoms with E-state index in [0.29, 0.717) is 30.5 Å². The van der Waals surface area contributed by atoms with Crippen molar-refractivity contribution in [3.8, 4) is 5.75 Å². The Morgan fingerprint density at radius 1 is 1.25 bits per heavy atom. The molecule has 0 bridgehead atoms. The summed E-state index contributed by atoms with van der Waals surface area (Å²) in [6.45, 7) is 5.00. The maximum atomic E-state index is 11.8. The average Bonchev–Trinajstić information content (AvgIpc) is 2.46. The van der Waals surface area contributed by atoms with Gasteiger partial charge in [0.25, 0.3) is 0 Å². The van der Waals surface area contributed by atoms with Crippen molar-refractivity contribution in [3.63, 3.8) is 0 Å². The molecule has 0 radical (unpaired) electrons. The van der Waals surface area contributed by atoms with Crippen LogP contribution in [0.2, 0.25) is 0 Å². The molecule has 0 spiro atoms. The number of pyridine rings is 1. The van der Waals surface area contributed by atoms with Crippen molar-refractivity contribution in [3.05, 3.63) is 63.6 Å². The molecule has 20 heavy (non-hydrogen) atoms. The lowest BCUT2D eigenvalue weighted by Gasteiger charge is -2.08. The minimum absolute atomic E-state index is 0.150. The molecule has 2 aromatic rings. The Labute approximate surface area is 118 Å². The number of rotatable bonds is 5. The number of ether oxygens (including phenoxy) is 1. The smallest absolute Gasteiger partial charge is 0.223 e. The van der Waals surface area contributed by atoms with Gasteiger partial charge in [-0.1, -0.05) is 38.1 Å². The summed E-state index contributed by atoms with van der Waals surface area (Å²) in [6.07, 6.45) is 1.56. The number of benzene rings is 1. The molecule has 0 saturated heterocycles. The van der Waals surface area contributed by atoms with E-state index in [9.17, 15) is 4.79 Å². The first kappa shape index (κ1) is 14.3. The maximum Gasteiger partial charge on any atom is 0.223 e. The van der Waals surface area contributed by atoms with Crippen molar-refractivity contribution in [1.29, 1.82) is 0 Å². The maximum absolute atomic E-state index is 11.8. The van der Waals surface area contributed by atoms with Crippen molar-refractivity contribution in [2.45, 2.75) is 32.9 Å². The highest BCUT2D eigenvalue weighted by Gasteiger charge is 2.03. The molecule has 1 aromatic carbocycles. The third-order valence-electron chi connectivity index (χ3n) is 3.20. The van der Waals surface area contributed by atoms with Gasteiger partial charge < -0.3 is 15.5 Å². The highest BCUT2D eigenvalue weighted by molar-refractivity contribution is 5.25. The number of aromatic amines is 1. The topological polar surface area (TPSA) is 68.1 Å². The van der Waals surface area contributed by atoms with Crippen molar-refractivity contribution in [2.24, 2.45) is 5.73 Å². The van der Waals surface area contributed by atoms with Crippen LogP contribution in [0.25, 0.3) is 0 Å². The van der Waals surface area contributed by atoms with E-state index >= 15 is 0 Å². The van der Waals surface area contributed by atoms with E-state index in [1.54, 1.807) is 6.20 Å². The zero-order valence-corrected chi connectivity index (χ0v) is 11.8. The Balaban J connectivity index is 2.03. The number of nitrogens with one attached hydrogen (secondary N) is 1. The van der Waals surface area contributed by atoms with Gasteiger partial charge >= 0.3 is 0 Å². The Morgan fingerprint density at radius 2 is 1.95 bits per heavy atom. The first-order valence-corrected chi connectivity index (χ1v) is 6.73. The van der Waals surface area contributed by atoms with Crippen LogP contribution in [-0.4, -0.2) is 4.98 Å². The minimum atomic E-state index is -0.150. The first-order chi connectivity index (χ1) is 9.60. The SMILES string of the molecule is CC(C)c1ccc(COc2c[nH]c(CN)cc2=O)cc1. The molecule has 0 aliphatic heterocycles. The molecule has 0 unspecified atom stereocenters. The second kappa shape index (κ2) is 6.39. The van der Waals surface area contributed by atoms with E-state index in [0.717, 1.165) is 5.56 Å². The predicted molar refractivity (Wildman–Crippen MR) is 79.8 cm³/mol. The Bertz CT molecular complexity index is 615. The van der Waals surface area contributed by atoms with Gasteiger partial charge in [0.05, 0.1) is 0 Å². The molecule has 0 aliphatic rings. The summed E-state index contributed by atoms with van der Waals surface area (Å²) in [4.78, 5) is 14.7. The Kier molecular flexibility index (Phi) is 4.58. The largest absolute Gasteiger partial charge is 0.483 e. The van der Waals surface area contributed by atoms with E-state index in [1.165, 1.54) is 11.6 Å². The molecule has 3 N–H and O–H groups in total. The van der Waals surface area contributed by atoms with Gasteiger partial charge in [-0.25, -0.2) is 0 Å². The molecule has 1 heterocycles. The van der Waals surface area contributed by atoms with Gasteiger partial charge in [-0.3, -0.25) is 4.79 Å². The molecule has 0 atom stereocenters. The van der Waals surface area contributed by atoms with E-state index < -0.39 is 0 Å². The molecule has 0 aliphatic carbocycles. The normalized spacial score (nSPS) is 10.8. The summed E-state index contributed by atoms with van der Waals surface area (Å²) in [6, 6.07) is 9.70. The predicted octanol–water partition coefficient (Wildman–Crippen LogP) is 2.54. The summed E-state index contributed by atoms with van der Waals surface area (Å²) < 4.78 is 5.54. The summed E-state index contributed by atoms with van der Waals surface area (Å²) in [5.41, 5.74) is 8.34. The number of H-pyrrole nitrogens is 1. The zero-order chi connectivity index (χ0) is 14.5. The van der Waals surface area contributed by atoms with Gasteiger partial charge in [0.1, 0.15) is 6.61 Å². The van der Waals surface area contributed by atoms with E-state index in [4.69, 9.17) is 10.5 Å². The van der Waals surface area contributed by atoms with Crippen LogP contribution in [0.1, 0.15) is 36.6 Å². The van der Waals surface area contributed by atoms with Crippen molar-refractivity contribution in [2.75, 3.05) is 0 Å². The quantitative estimate of drug-likeness (QED) is 0.879. The van der Waals surface area contributed by atoms with Crippen LogP contribution >= 0.6 is 0 Å². The third-order valence-corrected chi connectivity index (χ3v) is 3.20. The van der Waals surface area contributed by atoms with Gasteiger partial charge in [-0.2, -0.15) is 0 Å². The number of aromatic nitrogens is 1. The van der Waals surface area contributed by atoms with Gasteiger partial charge in [-0.15, -0.1) is 0 Å². The molecule has 1 aromatic heterocycles. The highest BCUT2D eigenvalue weighted by Crippen LogP contribution is 2.15. The van der Waals surface area contributed by atoms with E-state index in [2.05, 4.69) is 31.0 Å². The monoisotopic (exact) mass is 272 g/mol. The van der Waals surface area contributed by atoms with Crippen molar-refractivity contribution >= 4 is 0 Å². The van der Waals surface area contributed by atoms with Crippen molar-refractivity contribution < 1.29 is 4.74 Å². The van der Waals surface area contributed by atoms with Gasteiger partial charge in [0, 0.05) is 24.5 Å². The minimum Gasteiger partial charge on any atom is -0.483 e. The standard InChI is InChI=1S/C16H20N2O2/c1-11(2)13-5-3-12(4-6-13)10-20-16-9-18-14(8-17)7-15(16)19/h3-7,9,11H,8,10,17H2,1-2H3,(H,18,19). The fraction of sp³-hybridized carbons (Fsp3) is 0.312. The Morgan fingerprint density at radius 3 is 2.50 bits per heavy atom. The number of hydrogen-bond donors (Lipinski definition) is 2. The van der Waals surface area contributed by atoms with Gasteiger partial charge in [-0.05, 0) is 17.0 Å². The second-order valence-electron chi connectivity index (χ2n) is 5.08. The van der Waals surface area contributed by atoms with Crippen LogP contribution < -0.4 is 15.9 Å². The Hall–Kier alpha value is -2.07. The van der Waals surface area contributed by atoms with Crippen LogP contribution in [0.5, 0.6) is 5.75 Å². The van der Waals surface area contributed by atoms with Crippen LogP contribution in [-0.2, 0) is 13.2 Å². The van der Waals surface area contributed by atoms with Gasteiger partial charge in [0.2, 0.25) is 5.43 Å². The van der Waals surface area contributed by atoms with E-state index in [-0.39, 0.29) is 5.43 Å². The lowest BCUT2D eigenvalue weighted by molar-refractivity contribution is 0.302. The first-order valence-electron chi connectivity index (χ1n) is 6.73. The molecular formula is C16H20N2O2. The molecule has 0 amide bonds. The van der Waals surface area contributed by atoms with Crippen LogP contribution in [0.3, 0.4) is 0 Å². The third kappa shape index (κ3) is 3.48. The number of hydrogen-bond acceptors (Lipinski definition) is 3. The lowest BCUT2D eigenvalue weighted by atomic mass is 10.0. The highest BCUT2D eigenvalue weighted by atomic mass is 16.5. The molecule has 0 saturated carbocycles. The number of nitrogens with two attached hydrogens (primary N) is 1. The molecular weight excluding hydrogens is 252 g/mol. The van der Waals surface area contributed by atoms with Gasteiger partial charge in [0.15, 0.2) is 5.75 Å². The van der Waals surface area contributed by atoms with Crippen LogP contribution in [0.15, 0.2) is 41.3 Å². The fourth-order valence-electron chi connectivity index (χ4n) is 1.89. The zero-order valence-electron chi connectivity index (χ0n) is 11.8. The van der Waals surface area contributed by atoms with Crippen LogP contribution in [0, 0.1) is 0 Å². The summed E-state index contributed by atoms with van der Waals surface area (Å²) in [5, 5.41) is 0. The summed E-state index contributed by atoms with van der Waals surface area (Å²) in [7, 11) is 0. The molecule has 4 nitrogen and oxygen atoms in total. The van der Waals surface area contributed by atoms with Crippen molar-refractivity contribution in [1.82, 2.24) is 4.98 Å². The molecule has 2 rings (SSSR count). The van der Waals surface area contributed by atoms with E-state index in [1.807, 2.05) is 12.1 Å². The molecule has 0 fully saturated rings. The molecule has 106 valence electrons. The summed E-state index contributed by atoms with van der Waals surface area (Å²) >= 11 is 0. The van der Waals surface area contributed by atoms with Crippen LogP contribution in [0.4, 0.5) is 0 Å². The second-order valence-corrected chi connectivity index (χ2v) is 5.08.